The quantitative estimate of drug-likeness (QED) is 0.381. The van der Waals surface area contributed by atoms with Crippen molar-refractivity contribution >= 4 is 15.7 Å². The Hall–Kier alpha value is -2.32. The van der Waals surface area contributed by atoms with Gasteiger partial charge in [-0.05, 0) is 61.6 Å². The van der Waals surface area contributed by atoms with Crippen molar-refractivity contribution in [2.45, 2.75) is 30.9 Å². The number of amides is 1. The van der Waals surface area contributed by atoms with Crippen LogP contribution in [0.3, 0.4) is 0 Å². The summed E-state index contributed by atoms with van der Waals surface area (Å²) in [6, 6.07) is 7.25. The van der Waals surface area contributed by atoms with Crippen LogP contribution in [0.4, 0.5) is 0 Å². The minimum Gasteiger partial charge on any atom is -0.396 e. The van der Waals surface area contributed by atoms with Gasteiger partial charge in [-0.3, -0.25) is 10.0 Å². The molecule has 1 fully saturated rings. The summed E-state index contributed by atoms with van der Waals surface area (Å²) in [5, 5.41) is 17.8. The topological polar surface area (TPSA) is 104 Å². The van der Waals surface area contributed by atoms with Crippen molar-refractivity contribution in [2.75, 3.05) is 12.9 Å². The Labute approximate surface area is 159 Å². The molecule has 144 valence electrons. The molecule has 2 rings (SSSR count). The zero-order valence-corrected chi connectivity index (χ0v) is 16.1. The zero-order valence-electron chi connectivity index (χ0n) is 15.3. The smallest absolute Gasteiger partial charge is 0.264 e. The Bertz CT molecular complexity index is 915. The second-order valence-corrected chi connectivity index (χ2v) is 9.39. The molecule has 0 bridgehead atoms. The van der Waals surface area contributed by atoms with Crippen LogP contribution in [0.1, 0.15) is 30.9 Å². The van der Waals surface area contributed by atoms with Crippen molar-refractivity contribution < 1.29 is 23.5 Å². The Kier molecular flexibility index (Phi) is 6.67. The molecule has 0 spiro atoms. The third kappa shape index (κ3) is 5.33. The van der Waals surface area contributed by atoms with Crippen LogP contribution in [-0.4, -0.2) is 42.2 Å². The Morgan fingerprint density at radius 3 is 2.48 bits per heavy atom. The van der Waals surface area contributed by atoms with E-state index in [9.17, 15) is 13.2 Å². The Balaban J connectivity index is 1.98. The maximum absolute atomic E-state index is 12.0. The molecule has 3 atom stereocenters. The van der Waals surface area contributed by atoms with Gasteiger partial charge in [0.25, 0.3) is 5.91 Å². The highest BCUT2D eigenvalue weighted by Gasteiger charge is 2.43. The molecular formula is C20H23NO5S. The fourth-order valence-corrected chi connectivity index (χ4v) is 3.44. The van der Waals surface area contributed by atoms with Gasteiger partial charge in [0.2, 0.25) is 0 Å². The lowest BCUT2D eigenvalue weighted by molar-refractivity contribution is -0.131. The SMILES string of the molecule is CC(CCc1ccc(C#CC#C[C@@H]2C[C@@H]2CO)cc1)(C(=O)NO)S(C)(=O)=O. The monoisotopic (exact) mass is 389 g/mol. The lowest BCUT2D eigenvalue weighted by atomic mass is 9.99. The van der Waals surface area contributed by atoms with Crippen LogP contribution in [0.15, 0.2) is 24.3 Å². The molecular weight excluding hydrogens is 366 g/mol. The summed E-state index contributed by atoms with van der Waals surface area (Å²) >= 11 is 0. The van der Waals surface area contributed by atoms with E-state index in [1.165, 1.54) is 12.4 Å². The molecule has 0 heterocycles. The number of benzene rings is 1. The number of hydrogen-bond acceptors (Lipinski definition) is 5. The molecule has 0 saturated heterocycles. The van der Waals surface area contributed by atoms with Crippen LogP contribution >= 0.6 is 0 Å². The predicted molar refractivity (Wildman–Crippen MR) is 101 cm³/mol. The molecule has 0 radical (unpaired) electrons. The van der Waals surface area contributed by atoms with Crippen molar-refractivity contribution in [3.8, 4) is 23.7 Å². The first-order valence-electron chi connectivity index (χ1n) is 8.56. The summed E-state index contributed by atoms with van der Waals surface area (Å²) in [7, 11) is -3.70. The molecule has 0 aromatic heterocycles. The van der Waals surface area contributed by atoms with E-state index in [-0.39, 0.29) is 18.9 Å². The summed E-state index contributed by atoms with van der Waals surface area (Å²) in [6.07, 6.45) is 2.31. The van der Waals surface area contributed by atoms with Crippen molar-refractivity contribution in [1.82, 2.24) is 5.48 Å². The number of aliphatic hydroxyl groups is 1. The van der Waals surface area contributed by atoms with E-state index >= 15 is 0 Å². The largest absolute Gasteiger partial charge is 0.396 e. The second-order valence-electron chi connectivity index (χ2n) is 6.95. The molecule has 1 aromatic rings. The molecule has 1 amide bonds. The van der Waals surface area contributed by atoms with Gasteiger partial charge in [-0.25, -0.2) is 13.9 Å². The third-order valence-corrected chi connectivity index (χ3v) is 6.96. The minimum atomic E-state index is -3.70. The van der Waals surface area contributed by atoms with Gasteiger partial charge in [0.15, 0.2) is 9.84 Å². The number of carbonyl (C=O) groups is 1. The predicted octanol–water partition coefficient (Wildman–Crippen LogP) is 0.911. The molecule has 27 heavy (non-hydrogen) atoms. The van der Waals surface area contributed by atoms with Crippen molar-refractivity contribution in [3.05, 3.63) is 35.4 Å². The highest BCUT2D eigenvalue weighted by Crippen LogP contribution is 2.36. The molecule has 3 N–H and O–H groups in total. The first-order valence-corrected chi connectivity index (χ1v) is 10.5. The van der Waals surface area contributed by atoms with Gasteiger partial charge in [-0.15, -0.1) is 0 Å². The lowest BCUT2D eigenvalue weighted by Gasteiger charge is -2.25. The van der Waals surface area contributed by atoms with E-state index < -0.39 is 20.5 Å². The summed E-state index contributed by atoms with van der Waals surface area (Å²) < 4.78 is 22.2. The van der Waals surface area contributed by atoms with E-state index in [0.717, 1.165) is 23.8 Å². The Morgan fingerprint density at radius 1 is 1.30 bits per heavy atom. The highest BCUT2D eigenvalue weighted by molar-refractivity contribution is 7.92. The number of aryl methyl sites for hydroxylation is 1. The fraction of sp³-hybridized carbons (Fsp3) is 0.450. The number of aliphatic hydroxyl groups excluding tert-OH is 1. The molecule has 1 saturated carbocycles. The van der Waals surface area contributed by atoms with Gasteiger partial charge in [-0.1, -0.05) is 24.0 Å². The van der Waals surface area contributed by atoms with Crippen molar-refractivity contribution in [1.29, 1.82) is 0 Å². The molecule has 7 heteroatoms. The van der Waals surface area contributed by atoms with Gasteiger partial charge < -0.3 is 5.11 Å². The number of nitrogens with one attached hydrogen (secondary N) is 1. The Morgan fingerprint density at radius 2 is 1.96 bits per heavy atom. The number of sulfone groups is 1. The molecule has 0 aliphatic heterocycles. The lowest BCUT2D eigenvalue weighted by Crippen LogP contribution is -2.49. The standard InChI is InChI=1S/C20H23NO5S/c1-20(19(23)21-24,27(2,25)26)12-11-16-9-7-15(8-10-16)5-3-4-6-17-13-18(17)14-22/h7-10,17-18,22,24H,11-14H2,1-2H3,(H,21,23)/t17-,18-,20?/m1/s1. The van der Waals surface area contributed by atoms with Crippen LogP contribution in [0.2, 0.25) is 0 Å². The number of hydroxylamine groups is 1. The van der Waals surface area contributed by atoms with Crippen LogP contribution in [0.25, 0.3) is 0 Å². The van der Waals surface area contributed by atoms with Crippen LogP contribution in [0.5, 0.6) is 0 Å². The van der Waals surface area contributed by atoms with Crippen LogP contribution < -0.4 is 5.48 Å². The summed E-state index contributed by atoms with van der Waals surface area (Å²) in [6.45, 7) is 1.47. The van der Waals surface area contributed by atoms with Crippen LogP contribution in [-0.2, 0) is 21.1 Å². The fourth-order valence-electron chi connectivity index (χ4n) is 2.58. The van der Waals surface area contributed by atoms with Gasteiger partial charge in [0.05, 0.1) is 0 Å². The number of carbonyl (C=O) groups excluding carboxylic acids is 1. The van der Waals surface area contributed by atoms with Gasteiger partial charge in [0, 0.05) is 24.3 Å². The van der Waals surface area contributed by atoms with E-state index in [1.54, 1.807) is 0 Å². The first-order chi connectivity index (χ1) is 12.7. The van der Waals surface area contributed by atoms with E-state index in [0.29, 0.717) is 12.3 Å². The number of rotatable bonds is 6. The second kappa shape index (κ2) is 8.58. The van der Waals surface area contributed by atoms with E-state index in [2.05, 4.69) is 23.7 Å². The van der Waals surface area contributed by atoms with E-state index in [1.807, 2.05) is 24.3 Å². The maximum Gasteiger partial charge on any atom is 0.264 e. The molecule has 1 aromatic carbocycles. The summed E-state index contributed by atoms with van der Waals surface area (Å²) in [5.74, 6) is 11.1. The van der Waals surface area contributed by atoms with Gasteiger partial charge in [0.1, 0.15) is 4.75 Å². The minimum absolute atomic E-state index is 0.0438. The molecule has 1 unspecified atom stereocenters. The normalized spacial score (nSPS) is 20.3. The highest BCUT2D eigenvalue weighted by atomic mass is 32.2. The molecule has 1 aliphatic rings. The van der Waals surface area contributed by atoms with Crippen molar-refractivity contribution in [3.63, 3.8) is 0 Å². The average molecular weight is 389 g/mol. The number of hydrogen-bond donors (Lipinski definition) is 3. The first kappa shape index (κ1) is 21.0. The van der Waals surface area contributed by atoms with Gasteiger partial charge >= 0.3 is 0 Å². The average Bonchev–Trinajstić information content (AvgIpc) is 3.41. The summed E-state index contributed by atoms with van der Waals surface area (Å²) in [4.78, 5) is 11.8. The van der Waals surface area contributed by atoms with Gasteiger partial charge in [-0.2, -0.15) is 0 Å². The molecule has 1 aliphatic carbocycles. The van der Waals surface area contributed by atoms with E-state index in [4.69, 9.17) is 10.3 Å². The molecule has 6 nitrogen and oxygen atoms in total. The van der Waals surface area contributed by atoms with Crippen LogP contribution in [0, 0.1) is 35.5 Å². The zero-order chi connectivity index (χ0) is 20.1. The third-order valence-electron chi connectivity index (χ3n) is 4.93. The summed E-state index contributed by atoms with van der Waals surface area (Å²) in [5.41, 5.74) is 3.08. The van der Waals surface area contributed by atoms with Crippen molar-refractivity contribution in [2.24, 2.45) is 11.8 Å². The maximum atomic E-state index is 12.0.